The number of hydrogen-bond donors (Lipinski definition) is 1. The maximum absolute atomic E-state index is 5.55. The van der Waals surface area contributed by atoms with E-state index in [9.17, 15) is 0 Å². The van der Waals surface area contributed by atoms with Gasteiger partial charge < -0.3 is 14.8 Å². The Bertz CT molecular complexity index is 373. The standard InChI is InChI=1S/C17H29NO2S/c1-17(2,3)18-14-15-6-8-16(9-7-15)21-13-12-20-11-5-10-19-4/h6-9,18H,5,10-14H2,1-4H3. The number of nitrogens with one attached hydrogen (secondary N) is 1. The normalized spacial score (nSPS) is 11.8. The molecule has 4 heteroatoms. The smallest absolute Gasteiger partial charge is 0.0560 e. The average molecular weight is 311 g/mol. The Morgan fingerprint density at radius 2 is 1.76 bits per heavy atom. The summed E-state index contributed by atoms with van der Waals surface area (Å²) in [6.07, 6.45) is 0.969. The number of methoxy groups -OCH3 is 1. The van der Waals surface area contributed by atoms with Crippen molar-refractivity contribution in [1.29, 1.82) is 0 Å². The van der Waals surface area contributed by atoms with E-state index in [1.165, 1.54) is 10.5 Å². The van der Waals surface area contributed by atoms with Gasteiger partial charge in [-0.05, 0) is 44.9 Å². The second-order valence-corrected chi connectivity index (χ2v) is 7.22. The Morgan fingerprint density at radius 1 is 1.05 bits per heavy atom. The minimum absolute atomic E-state index is 0.160. The summed E-state index contributed by atoms with van der Waals surface area (Å²) in [5, 5.41) is 3.50. The first-order chi connectivity index (χ1) is 10.0. The molecule has 1 rings (SSSR count). The maximum Gasteiger partial charge on any atom is 0.0560 e. The zero-order valence-electron chi connectivity index (χ0n) is 13.8. The number of benzene rings is 1. The number of thioether (sulfide) groups is 1. The van der Waals surface area contributed by atoms with Crippen LogP contribution in [0.25, 0.3) is 0 Å². The predicted octanol–water partition coefficient (Wildman–Crippen LogP) is 3.72. The molecule has 1 aromatic rings. The summed E-state index contributed by atoms with van der Waals surface area (Å²) in [6.45, 7) is 9.82. The van der Waals surface area contributed by atoms with Gasteiger partial charge in [0.05, 0.1) is 6.61 Å². The third kappa shape index (κ3) is 9.91. The fraction of sp³-hybridized carbons (Fsp3) is 0.647. The van der Waals surface area contributed by atoms with E-state index < -0.39 is 0 Å². The average Bonchev–Trinajstić information content (AvgIpc) is 2.44. The SMILES string of the molecule is COCCCOCCSc1ccc(CNC(C)(C)C)cc1. The first kappa shape index (κ1) is 18.5. The summed E-state index contributed by atoms with van der Waals surface area (Å²) in [6, 6.07) is 8.77. The van der Waals surface area contributed by atoms with Crippen LogP contribution < -0.4 is 5.32 Å². The van der Waals surface area contributed by atoms with Crippen LogP contribution in [0.4, 0.5) is 0 Å². The number of ether oxygens (including phenoxy) is 2. The summed E-state index contributed by atoms with van der Waals surface area (Å²) in [4.78, 5) is 1.30. The van der Waals surface area contributed by atoms with Gasteiger partial charge in [0, 0.05) is 43.1 Å². The van der Waals surface area contributed by atoms with Crippen LogP contribution in [-0.4, -0.2) is 38.2 Å². The molecule has 21 heavy (non-hydrogen) atoms. The van der Waals surface area contributed by atoms with E-state index >= 15 is 0 Å². The molecule has 0 spiro atoms. The lowest BCUT2D eigenvalue weighted by molar-refractivity contribution is 0.113. The fourth-order valence-electron chi connectivity index (χ4n) is 1.70. The predicted molar refractivity (Wildman–Crippen MR) is 91.1 cm³/mol. The summed E-state index contributed by atoms with van der Waals surface area (Å²) in [7, 11) is 1.72. The van der Waals surface area contributed by atoms with Crippen molar-refractivity contribution in [2.45, 2.75) is 44.2 Å². The van der Waals surface area contributed by atoms with Crippen LogP contribution >= 0.6 is 11.8 Å². The summed E-state index contributed by atoms with van der Waals surface area (Å²) in [5.74, 6) is 0.993. The first-order valence-electron chi connectivity index (χ1n) is 7.55. The summed E-state index contributed by atoms with van der Waals surface area (Å²) < 4.78 is 10.5. The molecule has 0 aliphatic heterocycles. The van der Waals surface area contributed by atoms with Crippen molar-refractivity contribution >= 4 is 11.8 Å². The maximum atomic E-state index is 5.55. The topological polar surface area (TPSA) is 30.5 Å². The Labute approximate surface area is 133 Å². The summed E-state index contributed by atoms with van der Waals surface area (Å²) in [5.41, 5.74) is 1.48. The zero-order valence-corrected chi connectivity index (χ0v) is 14.6. The Balaban J connectivity index is 2.16. The van der Waals surface area contributed by atoms with Gasteiger partial charge in [-0.25, -0.2) is 0 Å². The van der Waals surface area contributed by atoms with Gasteiger partial charge in [0.25, 0.3) is 0 Å². The molecule has 0 bridgehead atoms. The van der Waals surface area contributed by atoms with Gasteiger partial charge >= 0.3 is 0 Å². The molecule has 0 saturated carbocycles. The van der Waals surface area contributed by atoms with Crippen LogP contribution in [0.5, 0.6) is 0 Å². The minimum Gasteiger partial charge on any atom is -0.385 e. The second-order valence-electron chi connectivity index (χ2n) is 6.05. The highest BCUT2D eigenvalue weighted by Crippen LogP contribution is 2.18. The molecule has 0 aliphatic rings. The molecule has 0 unspecified atom stereocenters. The molecular formula is C17H29NO2S. The highest BCUT2D eigenvalue weighted by molar-refractivity contribution is 7.99. The summed E-state index contributed by atoms with van der Waals surface area (Å²) >= 11 is 1.84. The van der Waals surface area contributed by atoms with Crippen molar-refractivity contribution in [3.63, 3.8) is 0 Å². The van der Waals surface area contributed by atoms with Crippen molar-refractivity contribution in [2.24, 2.45) is 0 Å². The number of hydrogen-bond acceptors (Lipinski definition) is 4. The van der Waals surface area contributed by atoms with Gasteiger partial charge in [0.2, 0.25) is 0 Å². The zero-order chi connectivity index (χ0) is 15.6. The lowest BCUT2D eigenvalue weighted by atomic mass is 10.1. The molecule has 0 heterocycles. The number of rotatable bonds is 10. The minimum atomic E-state index is 0.160. The molecule has 3 nitrogen and oxygen atoms in total. The van der Waals surface area contributed by atoms with E-state index in [2.05, 4.69) is 50.4 Å². The van der Waals surface area contributed by atoms with Crippen LogP contribution in [0.2, 0.25) is 0 Å². The van der Waals surface area contributed by atoms with Gasteiger partial charge in [-0.3, -0.25) is 0 Å². The van der Waals surface area contributed by atoms with Crippen LogP contribution in [0, 0.1) is 0 Å². The van der Waals surface area contributed by atoms with E-state index in [4.69, 9.17) is 9.47 Å². The molecule has 0 fully saturated rings. The van der Waals surface area contributed by atoms with Gasteiger partial charge in [-0.1, -0.05) is 12.1 Å². The lowest BCUT2D eigenvalue weighted by Gasteiger charge is -2.20. The monoisotopic (exact) mass is 311 g/mol. The van der Waals surface area contributed by atoms with E-state index in [-0.39, 0.29) is 5.54 Å². The first-order valence-corrected chi connectivity index (χ1v) is 8.53. The van der Waals surface area contributed by atoms with Crippen LogP contribution in [0.15, 0.2) is 29.2 Å². The molecule has 120 valence electrons. The van der Waals surface area contributed by atoms with Crippen molar-refractivity contribution in [1.82, 2.24) is 5.32 Å². The van der Waals surface area contributed by atoms with Crippen molar-refractivity contribution in [3.05, 3.63) is 29.8 Å². The second kappa shape index (κ2) is 10.2. The van der Waals surface area contributed by atoms with Gasteiger partial charge in [0.1, 0.15) is 0 Å². The van der Waals surface area contributed by atoms with Gasteiger partial charge in [-0.15, -0.1) is 11.8 Å². The molecule has 0 saturated heterocycles. The van der Waals surface area contributed by atoms with Gasteiger partial charge in [-0.2, -0.15) is 0 Å². The van der Waals surface area contributed by atoms with E-state index in [1.807, 2.05) is 11.8 Å². The van der Waals surface area contributed by atoms with E-state index in [1.54, 1.807) is 7.11 Å². The molecule has 0 aromatic heterocycles. The van der Waals surface area contributed by atoms with E-state index in [0.29, 0.717) is 0 Å². The molecule has 0 aliphatic carbocycles. The van der Waals surface area contributed by atoms with Crippen LogP contribution in [0.1, 0.15) is 32.8 Å². The Morgan fingerprint density at radius 3 is 2.38 bits per heavy atom. The fourth-order valence-corrected chi connectivity index (χ4v) is 2.46. The third-order valence-corrected chi connectivity index (χ3v) is 3.86. The molecule has 0 amide bonds. The lowest BCUT2D eigenvalue weighted by Crippen LogP contribution is -2.35. The third-order valence-electron chi connectivity index (χ3n) is 2.88. The highest BCUT2D eigenvalue weighted by atomic mass is 32.2. The van der Waals surface area contributed by atoms with Gasteiger partial charge in [0.15, 0.2) is 0 Å². The van der Waals surface area contributed by atoms with Crippen LogP contribution in [-0.2, 0) is 16.0 Å². The molecule has 1 N–H and O–H groups in total. The van der Waals surface area contributed by atoms with Crippen LogP contribution in [0.3, 0.4) is 0 Å². The molecule has 0 radical (unpaired) electrons. The van der Waals surface area contributed by atoms with Crippen molar-refractivity contribution in [2.75, 3.05) is 32.7 Å². The quantitative estimate of drug-likeness (QED) is 0.527. The molecular weight excluding hydrogens is 282 g/mol. The Hall–Kier alpha value is -0.550. The largest absolute Gasteiger partial charge is 0.385 e. The van der Waals surface area contributed by atoms with E-state index in [0.717, 1.165) is 38.5 Å². The van der Waals surface area contributed by atoms with Crippen molar-refractivity contribution in [3.8, 4) is 0 Å². The molecule has 0 atom stereocenters. The molecule has 1 aromatic carbocycles. The highest BCUT2D eigenvalue weighted by Gasteiger charge is 2.08. The van der Waals surface area contributed by atoms with Crippen molar-refractivity contribution < 1.29 is 9.47 Å². The Kier molecular flexibility index (Phi) is 9.00.